The second-order valence-corrected chi connectivity index (χ2v) is 3.49. The number of hydrogen-bond acceptors (Lipinski definition) is 3. The van der Waals surface area contributed by atoms with Crippen LogP contribution in [0.15, 0.2) is 12.2 Å². The normalized spacial score (nSPS) is 16.2. The molecule has 1 rings (SSSR count). The van der Waals surface area contributed by atoms with Gasteiger partial charge in [-0.15, -0.1) is 0 Å². The zero-order chi connectivity index (χ0) is 8.97. The molecule has 1 aliphatic rings. The van der Waals surface area contributed by atoms with Gasteiger partial charge >= 0.3 is 0 Å². The molecule has 0 fully saturated rings. The molecule has 0 unspecified atom stereocenters. The van der Waals surface area contributed by atoms with Gasteiger partial charge in [0.05, 0.1) is 0 Å². The fraction of sp³-hybridized carbons (Fsp3) is 0.500. The van der Waals surface area contributed by atoms with Crippen molar-refractivity contribution in [1.29, 1.82) is 0 Å². The van der Waals surface area contributed by atoms with E-state index >= 15 is 0 Å². The van der Waals surface area contributed by atoms with Crippen LogP contribution in [0.3, 0.4) is 0 Å². The molecule has 0 radical (unpaired) electrons. The van der Waals surface area contributed by atoms with Crippen molar-refractivity contribution < 1.29 is 9.59 Å². The molecule has 1 aliphatic heterocycles. The standard InChI is InChI=1S/C8H11NO2S/c1-12-6-2-5-9-7(10)3-4-8(9)11/h3-4H,2,5-6H2,1H3. The highest BCUT2D eigenvalue weighted by atomic mass is 32.2. The molecule has 0 aromatic carbocycles. The average molecular weight is 185 g/mol. The Balaban J connectivity index is 2.33. The SMILES string of the molecule is CSCCCN1C(=O)C=CC1=O. The summed E-state index contributed by atoms with van der Waals surface area (Å²) in [5, 5.41) is 0. The first kappa shape index (κ1) is 9.32. The molecule has 0 N–H and O–H groups in total. The van der Waals surface area contributed by atoms with E-state index in [0.29, 0.717) is 6.54 Å². The van der Waals surface area contributed by atoms with Gasteiger partial charge in [-0.05, 0) is 18.4 Å². The Morgan fingerprint density at radius 3 is 2.42 bits per heavy atom. The lowest BCUT2D eigenvalue weighted by atomic mass is 10.4. The summed E-state index contributed by atoms with van der Waals surface area (Å²) < 4.78 is 0. The Kier molecular flexibility index (Phi) is 3.34. The maximum absolute atomic E-state index is 11.0. The van der Waals surface area contributed by atoms with Crippen LogP contribution in [0, 0.1) is 0 Å². The van der Waals surface area contributed by atoms with E-state index in [2.05, 4.69) is 0 Å². The van der Waals surface area contributed by atoms with Crippen molar-refractivity contribution in [1.82, 2.24) is 4.90 Å². The van der Waals surface area contributed by atoms with Crippen molar-refractivity contribution in [3.63, 3.8) is 0 Å². The predicted octanol–water partition coefficient (Wildman–Crippen LogP) is 0.664. The Morgan fingerprint density at radius 1 is 1.33 bits per heavy atom. The number of carbonyl (C=O) groups excluding carboxylic acids is 2. The average Bonchev–Trinajstić information content (AvgIpc) is 2.35. The second kappa shape index (κ2) is 4.30. The number of amides is 2. The molecule has 0 saturated heterocycles. The Hall–Kier alpha value is -0.770. The highest BCUT2D eigenvalue weighted by Gasteiger charge is 2.21. The fourth-order valence-corrected chi connectivity index (χ4v) is 1.44. The molecule has 0 atom stereocenters. The first-order valence-corrected chi connectivity index (χ1v) is 5.17. The monoisotopic (exact) mass is 185 g/mol. The van der Waals surface area contributed by atoms with Crippen LogP contribution in [-0.2, 0) is 9.59 Å². The quantitative estimate of drug-likeness (QED) is 0.477. The molecule has 4 heteroatoms. The van der Waals surface area contributed by atoms with Crippen molar-refractivity contribution >= 4 is 23.6 Å². The fourth-order valence-electron chi connectivity index (χ4n) is 1.02. The Labute approximate surface area is 75.8 Å². The molecule has 1 heterocycles. The Bertz CT molecular complexity index is 207. The van der Waals surface area contributed by atoms with Gasteiger partial charge in [-0.2, -0.15) is 11.8 Å². The maximum atomic E-state index is 11.0. The topological polar surface area (TPSA) is 37.4 Å². The van der Waals surface area contributed by atoms with Gasteiger partial charge in [-0.1, -0.05) is 0 Å². The molecular formula is C8H11NO2S. The molecule has 0 aromatic heterocycles. The van der Waals surface area contributed by atoms with E-state index in [1.807, 2.05) is 6.26 Å². The summed E-state index contributed by atoms with van der Waals surface area (Å²) >= 11 is 1.72. The van der Waals surface area contributed by atoms with Crippen molar-refractivity contribution in [2.24, 2.45) is 0 Å². The summed E-state index contributed by atoms with van der Waals surface area (Å²) in [4.78, 5) is 23.3. The lowest BCUT2D eigenvalue weighted by Crippen LogP contribution is -2.31. The van der Waals surface area contributed by atoms with Crippen molar-refractivity contribution in [2.45, 2.75) is 6.42 Å². The number of hydrogen-bond donors (Lipinski definition) is 0. The molecule has 12 heavy (non-hydrogen) atoms. The molecule has 0 aromatic rings. The van der Waals surface area contributed by atoms with Gasteiger partial charge in [0.15, 0.2) is 0 Å². The molecule has 3 nitrogen and oxygen atoms in total. The van der Waals surface area contributed by atoms with Crippen LogP contribution in [0.2, 0.25) is 0 Å². The minimum atomic E-state index is -0.180. The number of carbonyl (C=O) groups is 2. The molecule has 0 bridgehead atoms. The van der Waals surface area contributed by atoms with Crippen molar-refractivity contribution in [2.75, 3.05) is 18.6 Å². The van der Waals surface area contributed by atoms with Gasteiger partial charge in [-0.25, -0.2) is 0 Å². The van der Waals surface area contributed by atoms with Gasteiger partial charge in [0.25, 0.3) is 11.8 Å². The smallest absolute Gasteiger partial charge is 0.253 e. The van der Waals surface area contributed by atoms with Gasteiger partial charge in [0, 0.05) is 18.7 Å². The summed E-state index contributed by atoms with van der Waals surface area (Å²) in [6, 6.07) is 0. The highest BCUT2D eigenvalue weighted by Crippen LogP contribution is 2.05. The van der Waals surface area contributed by atoms with Crippen molar-refractivity contribution in [3.8, 4) is 0 Å². The van der Waals surface area contributed by atoms with Gasteiger partial charge < -0.3 is 0 Å². The summed E-state index contributed by atoms with van der Waals surface area (Å²) in [6.45, 7) is 0.547. The summed E-state index contributed by atoms with van der Waals surface area (Å²) in [6.07, 6.45) is 5.52. The van der Waals surface area contributed by atoms with E-state index in [9.17, 15) is 9.59 Å². The van der Waals surface area contributed by atoms with E-state index in [1.54, 1.807) is 11.8 Å². The summed E-state index contributed by atoms with van der Waals surface area (Å²) in [5.74, 6) is 0.624. The van der Waals surface area contributed by atoms with E-state index in [-0.39, 0.29) is 11.8 Å². The molecule has 66 valence electrons. The lowest BCUT2D eigenvalue weighted by molar-refractivity contribution is -0.136. The lowest BCUT2D eigenvalue weighted by Gasteiger charge is -2.12. The second-order valence-electron chi connectivity index (χ2n) is 2.51. The highest BCUT2D eigenvalue weighted by molar-refractivity contribution is 7.98. The third-order valence-electron chi connectivity index (χ3n) is 1.63. The molecule has 0 saturated carbocycles. The van der Waals surface area contributed by atoms with E-state index in [1.165, 1.54) is 17.1 Å². The largest absolute Gasteiger partial charge is 0.275 e. The summed E-state index contributed by atoms with van der Waals surface area (Å²) in [5.41, 5.74) is 0. The number of nitrogens with zero attached hydrogens (tertiary/aromatic N) is 1. The molecule has 0 aliphatic carbocycles. The first-order valence-electron chi connectivity index (χ1n) is 3.78. The minimum absolute atomic E-state index is 0.180. The van der Waals surface area contributed by atoms with Crippen LogP contribution in [0.1, 0.15) is 6.42 Å². The van der Waals surface area contributed by atoms with Crippen molar-refractivity contribution in [3.05, 3.63) is 12.2 Å². The zero-order valence-electron chi connectivity index (χ0n) is 6.95. The van der Waals surface area contributed by atoms with Gasteiger partial charge in [0.1, 0.15) is 0 Å². The molecule has 2 amide bonds. The molecule has 0 spiro atoms. The maximum Gasteiger partial charge on any atom is 0.253 e. The number of rotatable bonds is 4. The van der Waals surface area contributed by atoms with E-state index in [4.69, 9.17) is 0 Å². The third kappa shape index (κ3) is 2.11. The van der Waals surface area contributed by atoms with Crippen LogP contribution < -0.4 is 0 Å². The van der Waals surface area contributed by atoms with Gasteiger partial charge in [0.2, 0.25) is 0 Å². The predicted molar refractivity (Wildman–Crippen MR) is 48.9 cm³/mol. The first-order chi connectivity index (χ1) is 5.75. The number of imide groups is 1. The van der Waals surface area contributed by atoms with E-state index < -0.39 is 0 Å². The number of thioether (sulfide) groups is 1. The molecular weight excluding hydrogens is 174 g/mol. The third-order valence-corrected chi connectivity index (χ3v) is 2.33. The zero-order valence-corrected chi connectivity index (χ0v) is 7.76. The Morgan fingerprint density at radius 2 is 1.92 bits per heavy atom. The van der Waals surface area contributed by atoms with Gasteiger partial charge in [-0.3, -0.25) is 14.5 Å². The minimum Gasteiger partial charge on any atom is -0.275 e. The van der Waals surface area contributed by atoms with E-state index in [0.717, 1.165) is 12.2 Å². The van der Waals surface area contributed by atoms with Crippen LogP contribution in [0.25, 0.3) is 0 Å². The van der Waals surface area contributed by atoms with Crippen LogP contribution in [0.5, 0.6) is 0 Å². The van der Waals surface area contributed by atoms with Crippen LogP contribution in [-0.4, -0.2) is 35.3 Å². The summed E-state index contributed by atoms with van der Waals surface area (Å²) in [7, 11) is 0. The van der Waals surface area contributed by atoms with Crippen LogP contribution in [0.4, 0.5) is 0 Å². The van der Waals surface area contributed by atoms with Crippen LogP contribution >= 0.6 is 11.8 Å².